The first-order chi connectivity index (χ1) is 11.9. The first kappa shape index (κ1) is 31.6. The maximum atomic E-state index is 8.74. The van der Waals surface area contributed by atoms with Gasteiger partial charge in [0.15, 0.2) is 0 Å². The number of unbranched alkanes of at least 4 members (excludes halogenated alkanes) is 17. The van der Waals surface area contributed by atoms with E-state index in [4.69, 9.17) is 17.5 Å². The van der Waals surface area contributed by atoms with Crippen LogP contribution in [0, 0.1) is 0 Å². The molecule has 0 atom stereocenters. The van der Waals surface area contributed by atoms with Gasteiger partial charge in [0, 0.05) is 0 Å². The summed E-state index contributed by atoms with van der Waals surface area (Å²) in [5.41, 5.74) is 0. The third kappa shape index (κ3) is 44.4. The van der Waals surface area contributed by atoms with Gasteiger partial charge >= 0.3 is 40.0 Å². The predicted molar refractivity (Wildman–Crippen MR) is 110 cm³/mol. The van der Waals surface area contributed by atoms with Crippen LogP contribution in [0.15, 0.2) is 0 Å². The first-order valence-corrected chi connectivity index (χ1v) is 12.0. The Morgan fingerprint density at radius 3 is 0.731 bits per heavy atom. The van der Waals surface area contributed by atoms with E-state index in [1.165, 1.54) is 116 Å². The van der Waals surface area contributed by atoms with Crippen LogP contribution in [0.3, 0.4) is 0 Å². The molecule has 0 amide bonds. The van der Waals surface area contributed by atoms with Gasteiger partial charge in [-0.3, -0.25) is 9.11 Å². The van der Waals surface area contributed by atoms with E-state index in [1.807, 2.05) is 0 Å². The molecule has 0 aliphatic heterocycles. The van der Waals surface area contributed by atoms with Gasteiger partial charge in [-0.25, -0.2) is 0 Å². The van der Waals surface area contributed by atoms with Crippen molar-refractivity contribution in [1.82, 2.24) is 0 Å². The Balaban J connectivity index is -0.000000333. The van der Waals surface area contributed by atoms with Gasteiger partial charge in [0.05, 0.1) is 0 Å². The van der Waals surface area contributed by atoms with Crippen molar-refractivity contribution >= 4 is 10.4 Å². The fraction of sp³-hybridized carbons (Fsp3) is 1.00. The van der Waals surface area contributed by atoms with Crippen LogP contribution < -0.4 is 29.6 Å². The summed E-state index contributed by atoms with van der Waals surface area (Å²) in [5.74, 6) is 0. The van der Waals surface area contributed by atoms with Crippen molar-refractivity contribution in [3.8, 4) is 0 Å². The van der Waals surface area contributed by atoms with E-state index < -0.39 is 10.4 Å². The molecule has 156 valence electrons. The fourth-order valence-corrected chi connectivity index (χ4v) is 2.97. The molecule has 26 heavy (non-hydrogen) atoms. The van der Waals surface area contributed by atoms with Gasteiger partial charge in [-0.15, -0.1) is 0 Å². The maximum Gasteiger partial charge on any atom is 1.00 e. The molecule has 2 N–H and O–H groups in total. The van der Waals surface area contributed by atoms with Gasteiger partial charge in [0.1, 0.15) is 0 Å². The number of hydrogen-bond acceptors (Lipinski definition) is 2. The van der Waals surface area contributed by atoms with E-state index in [2.05, 4.69) is 13.8 Å². The normalized spacial score (nSPS) is 10.8. The van der Waals surface area contributed by atoms with Crippen LogP contribution in [0.1, 0.15) is 131 Å². The summed E-state index contributed by atoms with van der Waals surface area (Å²) in [6, 6.07) is 0. The second-order valence-corrected chi connectivity index (χ2v) is 8.00. The van der Waals surface area contributed by atoms with Crippen LogP contribution in [0.25, 0.3) is 0 Å². The summed E-state index contributed by atoms with van der Waals surface area (Å²) >= 11 is 0. The van der Waals surface area contributed by atoms with Crippen molar-refractivity contribution in [3.05, 3.63) is 0 Å². The summed E-state index contributed by atoms with van der Waals surface area (Å²) in [4.78, 5) is 0. The van der Waals surface area contributed by atoms with Crippen LogP contribution in [0.2, 0.25) is 0 Å². The van der Waals surface area contributed by atoms with Gasteiger partial charge in [0.25, 0.3) is 0 Å². The summed E-state index contributed by atoms with van der Waals surface area (Å²) in [6.45, 7) is 4.59. The second kappa shape index (κ2) is 25.9. The summed E-state index contributed by atoms with van der Waals surface area (Å²) in [6.07, 6.45) is 26.4. The Bertz CT molecular complexity index is 315. The third-order valence-electron chi connectivity index (χ3n) is 4.46. The Morgan fingerprint density at radius 1 is 0.500 bits per heavy atom. The topological polar surface area (TPSA) is 74.6 Å². The molecule has 0 radical (unpaired) electrons. The molecule has 0 saturated heterocycles. The van der Waals surface area contributed by atoms with E-state index in [-0.39, 0.29) is 31.0 Å². The van der Waals surface area contributed by atoms with Crippen LogP contribution in [0.5, 0.6) is 0 Å². The molecular weight excluding hydrogens is 359 g/mol. The molecule has 0 spiro atoms. The van der Waals surface area contributed by atoms with E-state index in [1.54, 1.807) is 0 Å². The summed E-state index contributed by atoms with van der Waals surface area (Å²) < 4.78 is 31.6. The van der Waals surface area contributed by atoms with E-state index >= 15 is 0 Å². The van der Waals surface area contributed by atoms with Crippen LogP contribution in [-0.2, 0) is 10.4 Å². The Hall–Kier alpha value is 0.870. The van der Waals surface area contributed by atoms with E-state index in [0.717, 1.165) is 0 Å². The monoisotopic (exact) mass is 404 g/mol. The zero-order chi connectivity index (χ0) is 19.2. The molecule has 0 rings (SSSR count). The molecule has 0 aliphatic carbocycles. The summed E-state index contributed by atoms with van der Waals surface area (Å²) in [5, 5.41) is 0. The van der Waals surface area contributed by atoms with Gasteiger partial charge in [-0.05, 0) is 0 Å². The van der Waals surface area contributed by atoms with Crippen LogP contribution in [0.4, 0.5) is 0 Å². The molecule has 0 bridgehead atoms. The predicted octanol–water partition coefficient (Wildman–Crippen LogP) is 4.51. The molecule has 0 aromatic carbocycles. The third-order valence-corrected chi connectivity index (χ3v) is 4.46. The van der Waals surface area contributed by atoms with Crippen molar-refractivity contribution in [2.75, 3.05) is 0 Å². The minimum atomic E-state index is -4.67. The standard InChI is InChI=1S/C20H42.Na.H2O4S.H/c1-3-5-7-9-11-13-15-17-19-20-18-16-14-12-10-8-6-4-2;;1-5(2,3)4;/h3-20H2,1-2H3;;(H2,1,2,3,4);/q;+1;;-1. The minimum Gasteiger partial charge on any atom is -1.00 e. The largest absolute Gasteiger partial charge is 1.00 e. The molecule has 6 heteroatoms. The molecule has 4 nitrogen and oxygen atoms in total. The smallest absolute Gasteiger partial charge is 1.00 e. The van der Waals surface area contributed by atoms with Gasteiger partial charge < -0.3 is 1.43 Å². The van der Waals surface area contributed by atoms with Gasteiger partial charge in [-0.1, -0.05) is 129 Å². The summed E-state index contributed by atoms with van der Waals surface area (Å²) in [7, 11) is -4.67. The SMILES string of the molecule is CCCCCCCCCCCCCCCCCCCC.O=S(=O)(O)O.[H-].[Na+]. The Labute approximate surface area is 187 Å². The molecule has 0 unspecified atom stereocenters. The molecule has 0 saturated carbocycles. The molecule has 0 fully saturated rings. The average Bonchev–Trinajstić information content (AvgIpc) is 2.53. The van der Waals surface area contributed by atoms with Crippen LogP contribution >= 0.6 is 0 Å². The zero-order valence-electron chi connectivity index (χ0n) is 18.8. The van der Waals surface area contributed by atoms with E-state index in [9.17, 15) is 0 Å². The van der Waals surface area contributed by atoms with Crippen molar-refractivity contribution in [2.24, 2.45) is 0 Å². The van der Waals surface area contributed by atoms with E-state index in [0.29, 0.717) is 0 Å². The Kier molecular flexibility index (Phi) is 31.4. The quantitative estimate of drug-likeness (QED) is 0.212. The zero-order valence-corrected chi connectivity index (χ0v) is 20.7. The molecular formula is C20H45NaO4S. The van der Waals surface area contributed by atoms with Crippen LogP contribution in [-0.4, -0.2) is 17.5 Å². The molecule has 0 heterocycles. The van der Waals surface area contributed by atoms with Crippen molar-refractivity contribution in [2.45, 2.75) is 129 Å². The van der Waals surface area contributed by atoms with Crippen molar-refractivity contribution in [3.63, 3.8) is 0 Å². The minimum absolute atomic E-state index is 0. The first-order valence-electron chi connectivity index (χ1n) is 10.6. The van der Waals surface area contributed by atoms with Gasteiger partial charge in [0.2, 0.25) is 0 Å². The van der Waals surface area contributed by atoms with Crippen molar-refractivity contribution in [1.29, 1.82) is 0 Å². The molecule has 0 aliphatic rings. The maximum absolute atomic E-state index is 8.74. The number of rotatable bonds is 17. The van der Waals surface area contributed by atoms with Crippen molar-refractivity contribution < 1.29 is 48.5 Å². The average molecular weight is 405 g/mol. The fourth-order valence-electron chi connectivity index (χ4n) is 2.97. The van der Waals surface area contributed by atoms with Gasteiger partial charge in [-0.2, -0.15) is 8.42 Å². The molecule has 0 aromatic heterocycles. The Morgan fingerprint density at radius 2 is 0.615 bits per heavy atom. The number of hydrogen-bond donors (Lipinski definition) is 2. The molecule has 0 aromatic rings. The second-order valence-electron chi connectivity index (χ2n) is 7.10.